The van der Waals surface area contributed by atoms with Crippen molar-refractivity contribution in [1.29, 1.82) is 0 Å². The second-order valence-electron chi connectivity index (χ2n) is 7.25. The molecule has 1 aromatic rings. The SMILES string of the molecule is COCc1ccccc1CNC(=O)C1CCCN1C(=O)OC(C)(C)C. The van der Waals surface area contributed by atoms with Crippen molar-refractivity contribution >= 4 is 12.0 Å². The zero-order chi connectivity index (χ0) is 18.4. The zero-order valence-corrected chi connectivity index (χ0v) is 15.5. The highest BCUT2D eigenvalue weighted by Crippen LogP contribution is 2.21. The van der Waals surface area contributed by atoms with Gasteiger partial charge in [0.15, 0.2) is 0 Å². The first-order valence-electron chi connectivity index (χ1n) is 8.65. The standard InChI is InChI=1S/C19H28N2O4/c1-19(2,3)25-18(23)21-11-7-10-16(21)17(22)20-12-14-8-5-6-9-15(14)13-24-4/h5-6,8-9,16H,7,10-13H2,1-4H3,(H,20,22). The maximum atomic E-state index is 12.6. The van der Waals surface area contributed by atoms with E-state index in [0.29, 0.717) is 26.1 Å². The number of ether oxygens (including phenoxy) is 2. The van der Waals surface area contributed by atoms with Gasteiger partial charge in [-0.25, -0.2) is 4.79 Å². The van der Waals surface area contributed by atoms with Gasteiger partial charge in [-0.2, -0.15) is 0 Å². The maximum absolute atomic E-state index is 12.6. The van der Waals surface area contributed by atoms with E-state index in [-0.39, 0.29) is 5.91 Å². The molecule has 1 aliphatic rings. The highest BCUT2D eigenvalue weighted by atomic mass is 16.6. The second kappa shape index (κ2) is 8.34. The molecular weight excluding hydrogens is 320 g/mol. The van der Waals surface area contributed by atoms with E-state index in [0.717, 1.165) is 17.5 Å². The van der Waals surface area contributed by atoms with Crippen LogP contribution in [0.2, 0.25) is 0 Å². The number of benzene rings is 1. The monoisotopic (exact) mass is 348 g/mol. The van der Waals surface area contributed by atoms with Crippen molar-refractivity contribution < 1.29 is 19.1 Å². The van der Waals surface area contributed by atoms with Gasteiger partial charge in [0.1, 0.15) is 11.6 Å². The van der Waals surface area contributed by atoms with Crippen molar-refractivity contribution in [2.24, 2.45) is 0 Å². The van der Waals surface area contributed by atoms with Crippen molar-refractivity contribution in [3.8, 4) is 0 Å². The van der Waals surface area contributed by atoms with Crippen LogP contribution in [0, 0.1) is 0 Å². The van der Waals surface area contributed by atoms with E-state index >= 15 is 0 Å². The van der Waals surface area contributed by atoms with Crippen LogP contribution < -0.4 is 5.32 Å². The molecule has 0 aromatic heterocycles. The van der Waals surface area contributed by atoms with E-state index in [4.69, 9.17) is 9.47 Å². The third-order valence-electron chi connectivity index (χ3n) is 4.05. The summed E-state index contributed by atoms with van der Waals surface area (Å²) in [6.45, 7) is 6.93. The van der Waals surface area contributed by atoms with Crippen LogP contribution in [0.15, 0.2) is 24.3 Å². The highest BCUT2D eigenvalue weighted by Gasteiger charge is 2.36. The summed E-state index contributed by atoms with van der Waals surface area (Å²) in [6.07, 6.45) is 1.03. The quantitative estimate of drug-likeness (QED) is 0.888. The minimum absolute atomic E-state index is 0.143. The van der Waals surface area contributed by atoms with Crippen LogP contribution in [0.3, 0.4) is 0 Å². The van der Waals surface area contributed by atoms with E-state index < -0.39 is 17.7 Å². The molecule has 25 heavy (non-hydrogen) atoms. The van der Waals surface area contributed by atoms with Gasteiger partial charge in [0, 0.05) is 20.2 Å². The van der Waals surface area contributed by atoms with Crippen LogP contribution in [0.5, 0.6) is 0 Å². The predicted molar refractivity (Wildman–Crippen MR) is 95.0 cm³/mol. The van der Waals surface area contributed by atoms with Gasteiger partial charge in [0.25, 0.3) is 0 Å². The lowest BCUT2D eigenvalue weighted by Crippen LogP contribution is -2.47. The lowest BCUT2D eigenvalue weighted by molar-refractivity contribution is -0.125. The number of amides is 2. The Morgan fingerprint density at radius 1 is 1.24 bits per heavy atom. The second-order valence-corrected chi connectivity index (χ2v) is 7.25. The number of carbonyl (C=O) groups excluding carboxylic acids is 2. The van der Waals surface area contributed by atoms with E-state index in [1.165, 1.54) is 4.90 Å². The van der Waals surface area contributed by atoms with Crippen LogP contribution >= 0.6 is 0 Å². The average molecular weight is 348 g/mol. The van der Waals surface area contributed by atoms with Crippen molar-refractivity contribution in [3.05, 3.63) is 35.4 Å². The van der Waals surface area contributed by atoms with E-state index in [2.05, 4.69) is 5.32 Å². The van der Waals surface area contributed by atoms with Crippen molar-refractivity contribution in [3.63, 3.8) is 0 Å². The minimum atomic E-state index is -0.570. The Morgan fingerprint density at radius 3 is 2.56 bits per heavy atom. The van der Waals surface area contributed by atoms with Crippen molar-refractivity contribution in [2.75, 3.05) is 13.7 Å². The number of hydrogen-bond donors (Lipinski definition) is 1. The Kier molecular flexibility index (Phi) is 6.42. The average Bonchev–Trinajstić information content (AvgIpc) is 3.02. The van der Waals surface area contributed by atoms with Gasteiger partial charge in [0.05, 0.1) is 6.61 Å². The molecule has 1 aromatic carbocycles. The smallest absolute Gasteiger partial charge is 0.410 e. The molecule has 0 aliphatic carbocycles. The molecule has 1 aliphatic heterocycles. The topological polar surface area (TPSA) is 67.9 Å². The molecule has 0 saturated carbocycles. The third kappa shape index (κ3) is 5.46. The molecular formula is C19H28N2O4. The molecule has 1 heterocycles. The summed E-state index contributed by atoms with van der Waals surface area (Å²) in [7, 11) is 1.65. The lowest BCUT2D eigenvalue weighted by atomic mass is 10.1. The lowest BCUT2D eigenvalue weighted by Gasteiger charge is -2.28. The Labute approximate surface area is 149 Å². The van der Waals surface area contributed by atoms with Gasteiger partial charge in [-0.05, 0) is 44.7 Å². The summed E-state index contributed by atoms with van der Waals surface area (Å²) in [5.41, 5.74) is 1.49. The molecule has 0 spiro atoms. The summed E-state index contributed by atoms with van der Waals surface area (Å²) in [5.74, 6) is -0.143. The van der Waals surface area contributed by atoms with Gasteiger partial charge >= 0.3 is 6.09 Å². The first-order valence-corrected chi connectivity index (χ1v) is 8.65. The number of nitrogens with one attached hydrogen (secondary N) is 1. The van der Waals surface area contributed by atoms with Crippen LogP contribution in [0.25, 0.3) is 0 Å². The molecule has 138 valence electrons. The summed E-state index contributed by atoms with van der Waals surface area (Å²) < 4.78 is 10.6. The highest BCUT2D eigenvalue weighted by molar-refractivity contribution is 5.86. The molecule has 1 saturated heterocycles. The van der Waals surface area contributed by atoms with E-state index in [1.54, 1.807) is 7.11 Å². The summed E-state index contributed by atoms with van der Waals surface area (Å²) in [4.78, 5) is 26.4. The number of carbonyl (C=O) groups is 2. The van der Waals surface area contributed by atoms with Gasteiger partial charge < -0.3 is 14.8 Å². The van der Waals surface area contributed by atoms with Crippen molar-refractivity contribution in [1.82, 2.24) is 10.2 Å². The van der Waals surface area contributed by atoms with Crippen LogP contribution in [-0.2, 0) is 27.4 Å². The third-order valence-corrected chi connectivity index (χ3v) is 4.05. The number of likely N-dealkylation sites (tertiary alicyclic amines) is 1. The number of rotatable bonds is 5. The molecule has 6 nitrogen and oxygen atoms in total. The molecule has 2 rings (SSSR count). The van der Waals surface area contributed by atoms with E-state index in [9.17, 15) is 9.59 Å². The fourth-order valence-electron chi connectivity index (χ4n) is 2.90. The molecule has 2 amide bonds. The minimum Gasteiger partial charge on any atom is -0.444 e. The Balaban J connectivity index is 1.97. The summed E-state index contributed by atoms with van der Waals surface area (Å²) >= 11 is 0. The first-order chi connectivity index (χ1) is 11.8. The van der Waals surface area contributed by atoms with E-state index in [1.807, 2.05) is 45.0 Å². The fourth-order valence-corrected chi connectivity index (χ4v) is 2.90. The van der Waals surface area contributed by atoms with Gasteiger partial charge in [-0.3, -0.25) is 9.69 Å². The predicted octanol–water partition coefficient (Wildman–Crippen LogP) is 2.85. The molecule has 1 fully saturated rings. The molecule has 1 atom stereocenters. The summed E-state index contributed by atoms with van der Waals surface area (Å²) in [5, 5.41) is 2.94. The number of nitrogens with zero attached hydrogens (tertiary/aromatic N) is 1. The van der Waals surface area contributed by atoms with Gasteiger partial charge in [0.2, 0.25) is 5.91 Å². The molecule has 6 heteroatoms. The van der Waals surface area contributed by atoms with Crippen LogP contribution in [0.1, 0.15) is 44.7 Å². The zero-order valence-electron chi connectivity index (χ0n) is 15.5. The molecule has 0 bridgehead atoms. The Morgan fingerprint density at radius 2 is 1.92 bits per heavy atom. The van der Waals surface area contributed by atoms with Crippen LogP contribution in [-0.4, -0.2) is 42.2 Å². The Hall–Kier alpha value is -2.08. The molecule has 1 unspecified atom stereocenters. The van der Waals surface area contributed by atoms with Gasteiger partial charge in [-0.15, -0.1) is 0 Å². The molecule has 1 N–H and O–H groups in total. The summed E-state index contributed by atoms with van der Waals surface area (Å²) in [6, 6.07) is 7.36. The largest absolute Gasteiger partial charge is 0.444 e. The number of hydrogen-bond acceptors (Lipinski definition) is 4. The van der Waals surface area contributed by atoms with Crippen LogP contribution in [0.4, 0.5) is 4.79 Å². The molecule has 0 radical (unpaired) electrons. The normalized spacial score (nSPS) is 17.4. The van der Waals surface area contributed by atoms with Crippen molar-refractivity contribution in [2.45, 2.75) is 58.4 Å². The fraction of sp³-hybridized carbons (Fsp3) is 0.579. The maximum Gasteiger partial charge on any atom is 0.410 e. The Bertz CT molecular complexity index is 610. The number of methoxy groups -OCH3 is 1. The van der Waals surface area contributed by atoms with Gasteiger partial charge in [-0.1, -0.05) is 24.3 Å². The first kappa shape index (κ1) is 19.2.